The van der Waals surface area contributed by atoms with Crippen LogP contribution in [-0.4, -0.2) is 16.1 Å². The highest BCUT2D eigenvalue weighted by Crippen LogP contribution is 2.18. The monoisotopic (exact) mass is 206 g/mol. The van der Waals surface area contributed by atoms with E-state index in [9.17, 15) is 4.79 Å². The van der Waals surface area contributed by atoms with Crippen molar-refractivity contribution in [2.45, 2.75) is 0 Å². The zero-order chi connectivity index (χ0) is 9.97. The van der Waals surface area contributed by atoms with E-state index < -0.39 is 0 Å². The van der Waals surface area contributed by atoms with E-state index in [1.165, 1.54) is 10.9 Å². The summed E-state index contributed by atoms with van der Waals surface area (Å²) in [4.78, 5) is 10.5. The molecule has 2 rings (SSSR count). The zero-order valence-corrected chi connectivity index (χ0v) is 7.98. The Hall–Kier alpha value is -1.61. The van der Waals surface area contributed by atoms with Gasteiger partial charge >= 0.3 is 0 Å². The Kier molecular flexibility index (Phi) is 2.33. The van der Waals surface area contributed by atoms with Crippen LogP contribution in [0.1, 0.15) is 10.4 Å². The molecule has 1 heterocycles. The molecule has 0 bridgehead atoms. The lowest BCUT2D eigenvalue weighted by Crippen LogP contribution is -1.95. The van der Waals surface area contributed by atoms with Gasteiger partial charge in [-0.2, -0.15) is 5.10 Å². The molecule has 70 valence electrons. The number of halogens is 1. The number of aromatic nitrogens is 2. The molecule has 0 fully saturated rings. The summed E-state index contributed by atoms with van der Waals surface area (Å²) in [6, 6.07) is 9.41. The summed E-state index contributed by atoms with van der Waals surface area (Å²) in [6.45, 7) is 0. The molecule has 1 aromatic carbocycles. The van der Waals surface area contributed by atoms with Gasteiger partial charge in [-0.15, -0.1) is 0 Å². The smallest absolute Gasteiger partial charge is 0.154 e. The van der Waals surface area contributed by atoms with E-state index in [4.69, 9.17) is 11.6 Å². The predicted molar refractivity (Wildman–Crippen MR) is 54.0 cm³/mol. The second-order valence-electron chi connectivity index (χ2n) is 2.76. The third-order valence-corrected chi connectivity index (χ3v) is 2.24. The van der Waals surface area contributed by atoms with Crippen molar-refractivity contribution in [2.24, 2.45) is 0 Å². The molecule has 0 saturated heterocycles. The van der Waals surface area contributed by atoms with Crippen molar-refractivity contribution in [3.8, 4) is 5.69 Å². The SMILES string of the molecule is O=Cc1cnn(-c2ccccc2)c1Cl. The number of carbonyl (C=O) groups excluding carboxylic acids is 1. The normalized spacial score (nSPS) is 10.1. The highest BCUT2D eigenvalue weighted by Gasteiger charge is 2.07. The van der Waals surface area contributed by atoms with Crippen molar-refractivity contribution >= 4 is 17.9 Å². The fraction of sp³-hybridized carbons (Fsp3) is 0. The number of benzene rings is 1. The largest absolute Gasteiger partial charge is 0.298 e. The minimum Gasteiger partial charge on any atom is -0.298 e. The third kappa shape index (κ3) is 1.42. The van der Waals surface area contributed by atoms with E-state index in [-0.39, 0.29) is 0 Å². The third-order valence-electron chi connectivity index (χ3n) is 1.86. The average molecular weight is 207 g/mol. The first-order chi connectivity index (χ1) is 6.83. The first-order valence-corrected chi connectivity index (χ1v) is 4.45. The van der Waals surface area contributed by atoms with E-state index in [1.54, 1.807) is 0 Å². The van der Waals surface area contributed by atoms with Gasteiger partial charge in [0.2, 0.25) is 0 Å². The molecular formula is C10H7ClN2O. The standard InChI is InChI=1S/C10H7ClN2O/c11-10-8(7-14)6-12-13(10)9-4-2-1-3-5-9/h1-7H. The Morgan fingerprint density at radius 1 is 1.29 bits per heavy atom. The fourth-order valence-electron chi connectivity index (χ4n) is 1.17. The molecule has 0 atom stereocenters. The fourth-order valence-corrected chi connectivity index (χ4v) is 1.41. The molecule has 0 aliphatic heterocycles. The molecule has 1 aromatic heterocycles. The second kappa shape index (κ2) is 3.64. The van der Waals surface area contributed by atoms with E-state index in [0.29, 0.717) is 17.0 Å². The summed E-state index contributed by atoms with van der Waals surface area (Å²) < 4.78 is 1.52. The van der Waals surface area contributed by atoms with Crippen molar-refractivity contribution in [3.05, 3.63) is 47.2 Å². The molecule has 0 saturated carbocycles. The lowest BCUT2D eigenvalue weighted by molar-refractivity contribution is 0.112. The van der Waals surface area contributed by atoms with E-state index in [0.717, 1.165) is 5.69 Å². The summed E-state index contributed by atoms with van der Waals surface area (Å²) in [6.07, 6.45) is 2.14. The number of rotatable bonds is 2. The Morgan fingerprint density at radius 2 is 2.00 bits per heavy atom. The van der Waals surface area contributed by atoms with Crippen molar-refractivity contribution < 1.29 is 4.79 Å². The second-order valence-corrected chi connectivity index (χ2v) is 3.11. The van der Waals surface area contributed by atoms with Crippen LogP contribution in [0.2, 0.25) is 5.15 Å². The van der Waals surface area contributed by atoms with Gasteiger partial charge in [0.25, 0.3) is 0 Å². The van der Waals surface area contributed by atoms with Gasteiger partial charge in [-0.1, -0.05) is 29.8 Å². The lowest BCUT2D eigenvalue weighted by Gasteiger charge is -2.01. The van der Waals surface area contributed by atoms with Crippen LogP contribution in [0.25, 0.3) is 5.69 Å². The van der Waals surface area contributed by atoms with Crippen molar-refractivity contribution in [3.63, 3.8) is 0 Å². The number of para-hydroxylation sites is 1. The quantitative estimate of drug-likeness (QED) is 0.707. The van der Waals surface area contributed by atoms with Gasteiger partial charge in [0.15, 0.2) is 6.29 Å². The molecule has 0 spiro atoms. The number of hydrogen-bond donors (Lipinski definition) is 0. The molecule has 0 amide bonds. The van der Waals surface area contributed by atoms with Gasteiger partial charge in [-0.25, -0.2) is 4.68 Å². The van der Waals surface area contributed by atoms with Gasteiger partial charge < -0.3 is 0 Å². The molecule has 0 N–H and O–H groups in total. The Morgan fingerprint density at radius 3 is 2.57 bits per heavy atom. The van der Waals surface area contributed by atoms with Crippen LogP contribution in [0.5, 0.6) is 0 Å². The molecule has 0 aliphatic rings. The summed E-state index contributed by atoms with van der Waals surface area (Å²) in [5, 5.41) is 4.35. The summed E-state index contributed by atoms with van der Waals surface area (Å²) >= 11 is 5.93. The maximum absolute atomic E-state index is 10.5. The average Bonchev–Trinajstić information content (AvgIpc) is 2.61. The molecule has 14 heavy (non-hydrogen) atoms. The maximum Gasteiger partial charge on any atom is 0.154 e. The van der Waals surface area contributed by atoms with Crippen molar-refractivity contribution in [2.75, 3.05) is 0 Å². The molecular weight excluding hydrogens is 200 g/mol. The summed E-state index contributed by atoms with van der Waals surface area (Å²) in [5.74, 6) is 0. The maximum atomic E-state index is 10.5. The van der Waals surface area contributed by atoms with Crippen LogP contribution in [0.3, 0.4) is 0 Å². The molecule has 2 aromatic rings. The molecule has 0 radical (unpaired) electrons. The van der Waals surface area contributed by atoms with Gasteiger partial charge in [0, 0.05) is 0 Å². The number of hydrogen-bond acceptors (Lipinski definition) is 2. The van der Waals surface area contributed by atoms with Crippen LogP contribution >= 0.6 is 11.6 Å². The molecule has 0 unspecified atom stereocenters. The van der Waals surface area contributed by atoms with E-state index >= 15 is 0 Å². The molecule has 0 aliphatic carbocycles. The van der Waals surface area contributed by atoms with E-state index in [2.05, 4.69) is 5.10 Å². The Labute approximate surface area is 85.9 Å². The summed E-state index contributed by atoms with van der Waals surface area (Å²) in [5.41, 5.74) is 1.24. The number of aldehydes is 1. The zero-order valence-electron chi connectivity index (χ0n) is 7.22. The number of carbonyl (C=O) groups is 1. The Balaban J connectivity index is 2.53. The highest BCUT2D eigenvalue weighted by molar-refractivity contribution is 6.32. The minimum atomic E-state index is 0.339. The van der Waals surface area contributed by atoms with Crippen molar-refractivity contribution in [1.82, 2.24) is 9.78 Å². The van der Waals surface area contributed by atoms with Gasteiger partial charge in [0.05, 0.1) is 17.4 Å². The molecule has 3 nitrogen and oxygen atoms in total. The van der Waals surface area contributed by atoms with E-state index in [1.807, 2.05) is 30.3 Å². The van der Waals surface area contributed by atoms with Crippen LogP contribution in [0, 0.1) is 0 Å². The topological polar surface area (TPSA) is 34.9 Å². The van der Waals surface area contributed by atoms with Crippen LogP contribution in [-0.2, 0) is 0 Å². The first kappa shape index (κ1) is 8.97. The van der Waals surface area contributed by atoms with Gasteiger partial charge in [-0.05, 0) is 12.1 Å². The van der Waals surface area contributed by atoms with Crippen LogP contribution < -0.4 is 0 Å². The lowest BCUT2D eigenvalue weighted by atomic mass is 10.3. The highest BCUT2D eigenvalue weighted by atomic mass is 35.5. The van der Waals surface area contributed by atoms with Crippen LogP contribution in [0.4, 0.5) is 0 Å². The van der Waals surface area contributed by atoms with Crippen LogP contribution in [0.15, 0.2) is 36.5 Å². The minimum absolute atomic E-state index is 0.339. The number of nitrogens with zero attached hydrogens (tertiary/aromatic N) is 2. The van der Waals surface area contributed by atoms with Crippen molar-refractivity contribution in [1.29, 1.82) is 0 Å². The first-order valence-electron chi connectivity index (χ1n) is 4.07. The summed E-state index contributed by atoms with van der Waals surface area (Å²) in [7, 11) is 0. The van der Waals surface area contributed by atoms with Gasteiger partial charge in [-0.3, -0.25) is 4.79 Å². The Bertz CT molecular complexity index is 450. The molecule has 4 heteroatoms. The predicted octanol–water partition coefficient (Wildman–Crippen LogP) is 2.34. The van der Waals surface area contributed by atoms with Gasteiger partial charge in [0.1, 0.15) is 5.15 Å².